The molecule has 0 radical (unpaired) electrons. The van der Waals surface area contributed by atoms with Gasteiger partial charge in [-0.3, -0.25) is 14.1 Å². The van der Waals surface area contributed by atoms with Gasteiger partial charge >= 0.3 is 6.16 Å². The number of carbonyl (C=O) groups is 2. The SMILES string of the molecule is Cc1c(C=CC=C2C(=O)N(c3ccc(S(=O)(=O)O)cc3)N=C2OC(=O)O)c(O)n(-c2ccccc2)c(=O)c1C#N. The molecular formula is C26H18N4O9S. The summed E-state index contributed by atoms with van der Waals surface area (Å²) in [6.07, 6.45) is 1.97. The molecule has 1 aliphatic heterocycles. The van der Waals surface area contributed by atoms with E-state index in [0.717, 1.165) is 27.8 Å². The molecule has 0 fully saturated rings. The number of aromatic nitrogens is 1. The standard InChI is InChI=1S/C26H18N4O9S/c1-15-19(23(31)29(24(32)21(15)14-27)16-6-3-2-4-7-16)8-5-9-20-22(39-26(34)35)28-30(25(20)33)17-10-12-18(13-11-17)40(36,37)38/h2-13,31H,1H3,(H,34,35)(H,36,37,38). The highest BCUT2D eigenvalue weighted by molar-refractivity contribution is 7.85. The number of carboxylic acid groups (broad SMARTS) is 1. The summed E-state index contributed by atoms with van der Waals surface area (Å²) < 4.78 is 37.3. The molecule has 14 heteroatoms. The number of nitrogens with zero attached hydrogens (tertiary/aromatic N) is 4. The molecule has 0 saturated carbocycles. The number of hydrogen-bond donors (Lipinski definition) is 3. The molecule has 13 nitrogen and oxygen atoms in total. The molecule has 0 aliphatic carbocycles. The van der Waals surface area contributed by atoms with Crippen LogP contribution in [0, 0.1) is 18.3 Å². The third-order valence-corrected chi connectivity index (χ3v) is 6.58. The minimum atomic E-state index is -4.49. The van der Waals surface area contributed by atoms with E-state index in [-0.39, 0.29) is 28.0 Å². The number of nitriles is 1. The van der Waals surface area contributed by atoms with Crippen LogP contribution in [-0.4, -0.2) is 45.7 Å². The Bertz CT molecular complexity index is 1830. The minimum Gasteiger partial charge on any atom is -0.494 e. The first-order valence-electron chi connectivity index (χ1n) is 11.2. The molecule has 1 aromatic heterocycles. The number of anilines is 1. The predicted molar refractivity (Wildman–Crippen MR) is 141 cm³/mol. The van der Waals surface area contributed by atoms with Crippen LogP contribution in [0.15, 0.2) is 87.1 Å². The van der Waals surface area contributed by atoms with Crippen molar-refractivity contribution in [2.45, 2.75) is 11.8 Å². The van der Waals surface area contributed by atoms with E-state index in [1.165, 1.54) is 31.2 Å². The Hall–Kier alpha value is -5.52. The Morgan fingerprint density at radius 2 is 1.73 bits per heavy atom. The summed E-state index contributed by atoms with van der Waals surface area (Å²) in [5.41, 5.74) is -0.671. The zero-order chi connectivity index (χ0) is 29.2. The van der Waals surface area contributed by atoms with E-state index in [9.17, 15) is 33.2 Å². The number of para-hydroxylation sites is 1. The van der Waals surface area contributed by atoms with Crippen LogP contribution in [0.25, 0.3) is 11.8 Å². The van der Waals surface area contributed by atoms with E-state index in [1.807, 2.05) is 6.07 Å². The minimum absolute atomic E-state index is 0.0401. The molecule has 0 atom stereocenters. The van der Waals surface area contributed by atoms with Gasteiger partial charge in [-0.2, -0.15) is 18.7 Å². The summed E-state index contributed by atoms with van der Waals surface area (Å²) in [7, 11) is -4.49. The van der Waals surface area contributed by atoms with Crippen molar-refractivity contribution in [3.8, 4) is 17.6 Å². The summed E-state index contributed by atoms with van der Waals surface area (Å²) in [5.74, 6) is -1.90. The summed E-state index contributed by atoms with van der Waals surface area (Å²) in [5, 5.41) is 34.2. The van der Waals surface area contributed by atoms with Gasteiger partial charge in [0.2, 0.25) is 5.88 Å². The number of rotatable bonds is 5. The fraction of sp³-hybridized carbons (Fsp3) is 0.0385. The van der Waals surface area contributed by atoms with Crippen LogP contribution in [0.5, 0.6) is 5.88 Å². The van der Waals surface area contributed by atoms with Gasteiger partial charge in [-0.15, -0.1) is 5.10 Å². The van der Waals surface area contributed by atoms with Crippen molar-refractivity contribution in [1.29, 1.82) is 5.26 Å². The number of aromatic hydroxyl groups is 1. The Morgan fingerprint density at radius 3 is 2.30 bits per heavy atom. The highest BCUT2D eigenvalue weighted by Gasteiger charge is 2.34. The number of carbonyl (C=O) groups excluding carboxylic acids is 1. The van der Waals surface area contributed by atoms with Crippen molar-refractivity contribution in [1.82, 2.24) is 4.57 Å². The molecule has 0 unspecified atom stereocenters. The summed E-state index contributed by atoms with van der Waals surface area (Å²) in [6.45, 7) is 1.46. The van der Waals surface area contributed by atoms with Crippen molar-refractivity contribution in [3.05, 3.63) is 99.4 Å². The molecular weight excluding hydrogens is 544 g/mol. The van der Waals surface area contributed by atoms with Crippen LogP contribution in [-0.2, 0) is 19.6 Å². The quantitative estimate of drug-likeness (QED) is 0.236. The summed E-state index contributed by atoms with van der Waals surface area (Å²) in [4.78, 5) is 36.7. The van der Waals surface area contributed by atoms with Crippen LogP contribution in [0.4, 0.5) is 10.5 Å². The molecule has 40 heavy (non-hydrogen) atoms. The molecule has 0 saturated heterocycles. The second-order valence-corrected chi connectivity index (χ2v) is 9.55. The van der Waals surface area contributed by atoms with E-state index in [4.69, 9.17) is 9.66 Å². The number of pyridine rings is 1. The lowest BCUT2D eigenvalue weighted by Gasteiger charge is -2.14. The summed E-state index contributed by atoms with van der Waals surface area (Å²) >= 11 is 0. The van der Waals surface area contributed by atoms with Crippen LogP contribution in [0.1, 0.15) is 16.7 Å². The molecule has 0 bridgehead atoms. The van der Waals surface area contributed by atoms with E-state index < -0.39 is 44.4 Å². The molecule has 1 aliphatic rings. The molecule has 0 spiro atoms. The maximum absolute atomic E-state index is 13.1. The number of ether oxygens (including phenoxy) is 1. The number of hydrazone groups is 1. The molecule has 2 heterocycles. The number of benzene rings is 2. The van der Waals surface area contributed by atoms with Gasteiger partial charge in [0.05, 0.1) is 16.3 Å². The van der Waals surface area contributed by atoms with Gasteiger partial charge in [-0.1, -0.05) is 24.3 Å². The monoisotopic (exact) mass is 562 g/mol. The fourth-order valence-electron chi connectivity index (χ4n) is 3.81. The van der Waals surface area contributed by atoms with Crippen molar-refractivity contribution in [2.24, 2.45) is 5.10 Å². The predicted octanol–water partition coefficient (Wildman–Crippen LogP) is 2.96. The van der Waals surface area contributed by atoms with Crippen LogP contribution in [0.3, 0.4) is 0 Å². The first-order valence-corrected chi connectivity index (χ1v) is 12.6. The largest absolute Gasteiger partial charge is 0.512 e. The van der Waals surface area contributed by atoms with E-state index in [2.05, 4.69) is 9.84 Å². The maximum atomic E-state index is 13.1. The van der Waals surface area contributed by atoms with Gasteiger partial charge < -0.3 is 14.9 Å². The van der Waals surface area contributed by atoms with Crippen molar-refractivity contribution < 1.29 is 37.5 Å². The van der Waals surface area contributed by atoms with Gasteiger partial charge in [-0.25, -0.2) is 9.36 Å². The summed E-state index contributed by atoms with van der Waals surface area (Å²) in [6, 6.07) is 14.3. The average molecular weight is 563 g/mol. The number of amides is 1. The van der Waals surface area contributed by atoms with Crippen LogP contribution < -0.4 is 10.6 Å². The average Bonchev–Trinajstić information content (AvgIpc) is 3.20. The van der Waals surface area contributed by atoms with Crippen molar-refractivity contribution >= 4 is 39.8 Å². The lowest BCUT2D eigenvalue weighted by Crippen LogP contribution is -2.23. The first kappa shape index (κ1) is 27.5. The molecule has 4 rings (SSSR count). The smallest absolute Gasteiger partial charge is 0.494 e. The van der Waals surface area contributed by atoms with Gasteiger partial charge in [0.15, 0.2) is 0 Å². The van der Waals surface area contributed by atoms with Gasteiger partial charge in [0.25, 0.3) is 27.5 Å². The highest BCUT2D eigenvalue weighted by Crippen LogP contribution is 2.28. The zero-order valence-corrected chi connectivity index (χ0v) is 21.2. The van der Waals surface area contributed by atoms with E-state index in [0.29, 0.717) is 5.69 Å². The van der Waals surface area contributed by atoms with Crippen molar-refractivity contribution in [3.63, 3.8) is 0 Å². The van der Waals surface area contributed by atoms with Gasteiger partial charge in [0, 0.05) is 5.56 Å². The zero-order valence-electron chi connectivity index (χ0n) is 20.4. The lowest BCUT2D eigenvalue weighted by atomic mass is 10.0. The van der Waals surface area contributed by atoms with Crippen LogP contribution in [0.2, 0.25) is 0 Å². The van der Waals surface area contributed by atoms with Gasteiger partial charge in [-0.05, 0) is 61.0 Å². The van der Waals surface area contributed by atoms with Gasteiger partial charge in [0.1, 0.15) is 17.2 Å². The van der Waals surface area contributed by atoms with Crippen LogP contribution >= 0.6 is 0 Å². The third kappa shape index (κ3) is 5.23. The Kier molecular flexibility index (Phi) is 7.35. The molecule has 3 N–H and O–H groups in total. The second kappa shape index (κ2) is 10.7. The number of allylic oxidation sites excluding steroid dienone is 2. The molecule has 3 aromatic rings. The second-order valence-electron chi connectivity index (χ2n) is 8.12. The first-order chi connectivity index (χ1) is 18.9. The van der Waals surface area contributed by atoms with E-state index in [1.54, 1.807) is 30.3 Å². The molecule has 1 amide bonds. The molecule has 2 aromatic carbocycles. The topological polar surface area (TPSA) is 200 Å². The normalized spacial score (nSPS) is 14.4. The maximum Gasteiger partial charge on any atom is 0.512 e. The van der Waals surface area contributed by atoms with Crippen molar-refractivity contribution in [2.75, 3.05) is 5.01 Å². The van der Waals surface area contributed by atoms with E-state index >= 15 is 0 Å². The Balaban J connectivity index is 1.76. The molecule has 202 valence electrons. The lowest BCUT2D eigenvalue weighted by molar-refractivity contribution is -0.114. The number of hydrogen-bond acceptors (Lipinski definition) is 9. The highest BCUT2D eigenvalue weighted by atomic mass is 32.2. The Labute approximate surface area is 226 Å². The Morgan fingerprint density at radius 1 is 1.07 bits per heavy atom. The fourth-order valence-corrected chi connectivity index (χ4v) is 4.29. The third-order valence-electron chi connectivity index (χ3n) is 5.71.